The Morgan fingerprint density at radius 2 is 1.63 bits per heavy atom. The number of esters is 1. The standard InChI is InChI=1S/C35H41FN4O5S/c1-21(2)33(37)35(42)45-20-23-4-6-25(7-5-23)31-18-27-12-17-30(19-32(27)39-31)46(43,44)40-29-15-10-26(11-16-29)34(41)38-22(3)24-8-13-28(36)14-9-24/h4-9,12-14,17-19,21-22,26,29,33,39-40H,10-11,15-16,20,37H2,1-3H3,(H,38,41)/t22-,26?,29?,33?/m1/s1. The number of aromatic amines is 1. The van der Waals surface area contributed by atoms with E-state index >= 15 is 0 Å². The Morgan fingerprint density at radius 1 is 0.957 bits per heavy atom. The Hall–Kier alpha value is -4.06. The highest BCUT2D eigenvalue weighted by Crippen LogP contribution is 2.29. The number of nitrogens with one attached hydrogen (secondary N) is 3. The maximum Gasteiger partial charge on any atom is 0.323 e. The number of halogens is 1. The molecular weight excluding hydrogens is 607 g/mol. The van der Waals surface area contributed by atoms with Crippen molar-refractivity contribution in [3.05, 3.63) is 89.7 Å². The first-order valence-electron chi connectivity index (χ1n) is 15.6. The molecule has 0 aliphatic heterocycles. The third kappa shape index (κ3) is 8.01. The molecule has 0 saturated heterocycles. The molecule has 0 radical (unpaired) electrons. The van der Waals surface area contributed by atoms with Crippen LogP contribution in [0, 0.1) is 17.7 Å². The molecule has 0 bridgehead atoms. The van der Waals surface area contributed by atoms with Crippen LogP contribution >= 0.6 is 0 Å². The molecule has 1 unspecified atom stereocenters. The minimum atomic E-state index is -3.79. The Balaban J connectivity index is 1.16. The molecule has 5 N–H and O–H groups in total. The van der Waals surface area contributed by atoms with Crippen molar-refractivity contribution in [1.82, 2.24) is 15.0 Å². The zero-order chi connectivity index (χ0) is 33.0. The number of rotatable bonds is 11. The van der Waals surface area contributed by atoms with Gasteiger partial charge in [0.1, 0.15) is 18.5 Å². The maximum atomic E-state index is 13.3. The molecule has 1 heterocycles. The molecule has 0 spiro atoms. The average molecular weight is 649 g/mol. The molecule has 2 atom stereocenters. The summed E-state index contributed by atoms with van der Waals surface area (Å²) in [6.45, 7) is 5.72. The number of carbonyl (C=O) groups is 2. The Morgan fingerprint density at radius 3 is 2.28 bits per heavy atom. The lowest BCUT2D eigenvalue weighted by Crippen LogP contribution is -2.41. The van der Waals surface area contributed by atoms with E-state index in [2.05, 4.69) is 15.0 Å². The van der Waals surface area contributed by atoms with Gasteiger partial charge in [0.2, 0.25) is 15.9 Å². The number of nitrogens with two attached hydrogens (primary N) is 1. The highest BCUT2D eigenvalue weighted by molar-refractivity contribution is 7.89. The molecule has 1 amide bonds. The topological polar surface area (TPSA) is 143 Å². The van der Waals surface area contributed by atoms with Crippen molar-refractivity contribution in [2.24, 2.45) is 17.6 Å². The monoisotopic (exact) mass is 648 g/mol. The van der Waals surface area contributed by atoms with E-state index in [0.717, 1.165) is 27.8 Å². The number of fused-ring (bicyclic) bond motifs is 1. The second kappa shape index (κ2) is 14.1. The van der Waals surface area contributed by atoms with Crippen LogP contribution in [0.2, 0.25) is 0 Å². The zero-order valence-corrected chi connectivity index (χ0v) is 27.1. The van der Waals surface area contributed by atoms with Crippen LogP contribution in [0.25, 0.3) is 22.2 Å². The molecular formula is C35H41FN4O5S. The van der Waals surface area contributed by atoms with E-state index in [4.69, 9.17) is 10.5 Å². The summed E-state index contributed by atoms with van der Waals surface area (Å²) in [6, 6.07) is 19.4. The van der Waals surface area contributed by atoms with E-state index in [1.54, 1.807) is 30.3 Å². The second-order valence-electron chi connectivity index (χ2n) is 12.5. The number of hydrogen-bond donors (Lipinski definition) is 4. The molecule has 3 aromatic carbocycles. The number of H-pyrrole nitrogens is 1. The summed E-state index contributed by atoms with van der Waals surface area (Å²) >= 11 is 0. The molecule has 1 aliphatic carbocycles. The van der Waals surface area contributed by atoms with Gasteiger partial charge in [-0.05, 0) is 85.5 Å². The highest BCUT2D eigenvalue weighted by atomic mass is 32.2. The van der Waals surface area contributed by atoms with E-state index in [9.17, 15) is 22.4 Å². The molecule has 1 saturated carbocycles. The minimum Gasteiger partial charge on any atom is -0.460 e. The van der Waals surface area contributed by atoms with Gasteiger partial charge in [0.15, 0.2) is 0 Å². The van der Waals surface area contributed by atoms with Gasteiger partial charge < -0.3 is 20.8 Å². The van der Waals surface area contributed by atoms with E-state index in [-0.39, 0.29) is 47.1 Å². The molecule has 5 rings (SSSR count). The van der Waals surface area contributed by atoms with Gasteiger partial charge in [-0.2, -0.15) is 0 Å². The quantitative estimate of drug-likeness (QED) is 0.153. The number of hydrogen-bond acceptors (Lipinski definition) is 6. The summed E-state index contributed by atoms with van der Waals surface area (Å²) in [5, 5.41) is 3.87. The summed E-state index contributed by atoms with van der Waals surface area (Å²) in [7, 11) is -3.79. The minimum absolute atomic E-state index is 0.00571. The first kappa shape index (κ1) is 33.3. The van der Waals surface area contributed by atoms with Gasteiger partial charge in [-0.25, -0.2) is 17.5 Å². The molecule has 1 aliphatic rings. The predicted octanol–water partition coefficient (Wildman–Crippen LogP) is 5.72. The number of carbonyl (C=O) groups excluding carboxylic acids is 2. The molecule has 1 aromatic heterocycles. The lowest BCUT2D eigenvalue weighted by atomic mass is 9.85. The summed E-state index contributed by atoms with van der Waals surface area (Å²) in [4.78, 5) is 28.4. The van der Waals surface area contributed by atoms with Gasteiger partial charge >= 0.3 is 5.97 Å². The van der Waals surface area contributed by atoms with Gasteiger partial charge in [0.05, 0.1) is 10.9 Å². The second-order valence-corrected chi connectivity index (χ2v) is 14.2. The first-order valence-corrected chi connectivity index (χ1v) is 17.1. The lowest BCUT2D eigenvalue weighted by Gasteiger charge is -2.29. The van der Waals surface area contributed by atoms with Gasteiger partial charge in [-0.3, -0.25) is 9.59 Å². The SMILES string of the molecule is CC(C)C(N)C(=O)OCc1ccc(-c2cc3ccc(S(=O)(=O)NC4CCC(C(=O)N[C@H](C)c5ccc(F)cc5)CC4)cc3[nH]2)cc1. The van der Waals surface area contributed by atoms with Crippen molar-refractivity contribution in [2.45, 2.75) is 76.1 Å². The summed E-state index contributed by atoms with van der Waals surface area (Å²) in [5.41, 5.74) is 9.92. The van der Waals surface area contributed by atoms with E-state index in [0.29, 0.717) is 31.2 Å². The number of ether oxygens (including phenoxy) is 1. The predicted molar refractivity (Wildman–Crippen MR) is 175 cm³/mol. The van der Waals surface area contributed by atoms with Crippen LogP contribution in [0.5, 0.6) is 0 Å². The lowest BCUT2D eigenvalue weighted by molar-refractivity contribution is -0.147. The Bertz CT molecular complexity index is 1780. The first-order chi connectivity index (χ1) is 21.9. The van der Waals surface area contributed by atoms with Crippen LogP contribution in [0.15, 0.2) is 77.7 Å². The number of aromatic nitrogens is 1. The smallest absolute Gasteiger partial charge is 0.323 e. The van der Waals surface area contributed by atoms with Gasteiger partial charge in [0, 0.05) is 28.6 Å². The van der Waals surface area contributed by atoms with Gasteiger partial charge in [0.25, 0.3) is 0 Å². The van der Waals surface area contributed by atoms with Crippen molar-refractivity contribution in [1.29, 1.82) is 0 Å². The van der Waals surface area contributed by atoms with Crippen molar-refractivity contribution in [3.63, 3.8) is 0 Å². The van der Waals surface area contributed by atoms with Gasteiger partial charge in [-0.1, -0.05) is 56.3 Å². The third-order valence-corrected chi connectivity index (χ3v) is 10.2. The summed E-state index contributed by atoms with van der Waals surface area (Å²) in [5.74, 6) is -1.04. The normalized spacial score (nSPS) is 18.3. The van der Waals surface area contributed by atoms with Crippen molar-refractivity contribution in [2.75, 3.05) is 0 Å². The van der Waals surface area contributed by atoms with Crippen molar-refractivity contribution in [3.8, 4) is 11.3 Å². The Labute approximate surface area is 269 Å². The van der Waals surface area contributed by atoms with Crippen LogP contribution in [0.4, 0.5) is 4.39 Å². The fourth-order valence-electron chi connectivity index (χ4n) is 5.66. The summed E-state index contributed by atoms with van der Waals surface area (Å²) in [6.07, 6.45) is 2.25. The van der Waals surface area contributed by atoms with Crippen LogP contribution in [0.1, 0.15) is 63.6 Å². The molecule has 46 heavy (non-hydrogen) atoms. The van der Waals surface area contributed by atoms with E-state index < -0.39 is 22.0 Å². The Kier molecular flexibility index (Phi) is 10.2. The highest BCUT2D eigenvalue weighted by Gasteiger charge is 2.30. The largest absolute Gasteiger partial charge is 0.460 e. The van der Waals surface area contributed by atoms with Crippen LogP contribution in [-0.4, -0.2) is 37.4 Å². The number of amides is 1. The third-order valence-electron chi connectivity index (χ3n) is 8.69. The van der Waals surface area contributed by atoms with Crippen molar-refractivity contribution >= 4 is 32.8 Å². The fraction of sp³-hybridized carbons (Fsp3) is 0.371. The number of sulfonamides is 1. The van der Waals surface area contributed by atoms with Crippen LogP contribution in [-0.2, 0) is 31.0 Å². The van der Waals surface area contributed by atoms with E-state index in [1.165, 1.54) is 12.1 Å². The fourth-order valence-corrected chi connectivity index (χ4v) is 6.99. The zero-order valence-electron chi connectivity index (χ0n) is 26.3. The van der Waals surface area contributed by atoms with E-state index in [1.807, 2.05) is 51.1 Å². The molecule has 1 fully saturated rings. The van der Waals surface area contributed by atoms with Crippen LogP contribution in [0.3, 0.4) is 0 Å². The average Bonchev–Trinajstić information content (AvgIpc) is 3.47. The molecule has 9 nitrogen and oxygen atoms in total. The van der Waals surface area contributed by atoms with Crippen LogP contribution < -0.4 is 15.8 Å². The van der Waals surface area contributed by atoms with Gasteiger partial charge in [-0.15, -0.1) is 0 Å². The number of benzene rings is 3. The summed E-state index contributed by atoms with van der Waals surface area (Å²) < 4.78 is 48.0. The molecule has 11 heteroatoms. The molecule has 4 aromatic rings. The van der Waals surface area contributed by atoms with Crippen molar-refractivity contribution < 1.29 is 27.1 Å². The molecule has 244 valence electrons. The maximum absolute atomic E-state index is 13.3.